The lowest BCUT2D eigenvalue weighted by atomic mass is 9.92. The van der Waals surface area contributed by atoms with Crippen molar-refractivity contribution in [3.05, 3.63) is 35.9 Å². The summed E-state index contributed by atoms with van der Waals surface area (Å²) in [5.74, 6) is -0.0565. The van der Waals surface area contributed by atoms with Crippen LogP contribution in [-0.2, 0) is 14.3 Å². The highest BCUT2D eigenvalue weighted by atomic mass is 16.6. The van der Waals surface area contributed by atoms with Crippen LogP contribution in [0.5, 0.6) is 0 Å². The van der Waals surface area contributed by atoms with Crippen LogP contribution >= 0.6 is 0 Å². The van der Waals surface area contributed by atoms with Crippen LogP contribution in [0.4, 0.5) is 4.79 Å². The molecule has 0 spiro atoms. The molecule has 2 saturated heterocycles. The van der Waals surface area contributed by atoms with E-state index in [0.29, 0.717) is 30.2 Å². The standard InChI is InChI=1S/C22H32N2O4/c1-22(2,3)28-21(26)23-19(16-8-6-5-7-9-16)20(25)27-14-15-12-17-10-11-18(13-15)24(17)4/h5-9,15,17-19H,10-14H2,1-4H3,(H,23,26)/t15?,17-,18?,19?/m1/s1. The molecule has 4 atom stereocenters. The fourth-order valence-electron chi connectivity index (χ4n) is 4.29. The summed E-state index contributed by atoms with van der Waals surface area (Å²) in [6.45, 7) is 5.77. The van der Waals surface area contributed by atoms with E-state index in [9.17, 15) is 9.59 Å². The van der Waals surface area contributed by atoms with E-state index in [0.717, 1.165) is 12.8 Å². The first-order chi connectivity index (χ1) is 13.2. The van der Waals surface area contributed by atoms with E-state index in [2.05, 4.69) is 17.3 Å². The zero-order chi connectivity index (χ0) is 20.3. The normalized spacial score (nSPS) is 25.8. The van der Waals surface area contributed by atoms with E-state index in [1.54, 1.807) is 32.9 Å². The number of rotatable bonds is 5. The van der Waals surface area contributed by atoms with Gasteiger partial charge in [0.1, 0.15) is 5.60 Å². The van der Waals surface area contributed by atoms with Crippen LogP contribution in [0.15, 0.2) is 30.3 Å². The summed E-state index contributed by atoms with van der Waals surface area (Å²) in [6.07, 6.45) is 3.97. The third-order valence-corrected chi connectivity index (χ3v) is 5.69. The Morgan fingerprint density at radius 1 is 1.14 bits per heavy atom. The summed E-state index contributed by atoms with van der Waals surface area (Å²) in [5.41, 5.74) is 0.0459. The van der Waals surface area contributed by atoms with E-state index in [-0.39, 0.29) is 0 Å². The predicted octanol–water partition coefficient (Wildman–Crippen LogP) is 3.67. The fraction of sp³-hybridized carbons (Fsp3) is 0.636. The van der Waals surface area contributed by atoms with Crippen molar-refractivity contribution in [3.63, 3.8) is 0 Å². The van der Waals surface area contributed by atoms with Crippen molar-refractivity contribution in [2.24, 2.45) is 5.92 Å². The molecule has 6 nitrogen and oxygen atoms in total. The number of nitrogens with one attached hydrogen (secondary N) is 1. The van der Waals surface area contributed by atoms with Crippen molar-refractivity contribution in [1.82, 2.24) is 10.2 Å². The van der Waals surface area contributed by atoms with E-state index >= 15 is 0 Å². The van der Waals surface area contributed by atoms with Gasteiger partial charge in [-0.1, -0.05) is 30.3 Å². The van der Waals surface area contributed by atoms with Crippen LogP contribution in [0, 0.1) is 5.92 Å². The number of piperidine rings is 1. The Morgan fingerprint density at radius 3 is 2.32 bits per heavy atom. The molecule has 2 bridgehead atoms. The van der Waals surface area contributed by atoms with Gasteiger partial charge in [0.05, 0.1) is 6.61 Å². The number of nitrogens with zero attached hydrogens (tertiary/aromatic N) is 1. The lowest BCUT2D eigenvalue weighted by molar-refractivity contribution is -0.148. The SMILES string of the molecule is CN1C2CC[C@@H]1CC(COC(=O)C(NC(=O)OC(C)(C)C)c1ccccc1)C2. The van der Waals surface area contributed by atoms with E-state index < -0.39 is 23.7 Å². The number of hydrogen-bond donors (Lipinski definition) is 1. The summed E-state index contributed by atoms with van der Waals surface area (Å²) in [5, 5.41) is 2.67. The average Bonchev–Trinajstić information content (AvgIpc) is 2.84. The zero-order valence-electron chi connectivity index (χ0n) is 17.3. The number of ether oxygens (including phenoxy) is 2. The van der Waals surface area contributed by atoms with Gasteiger partial charge in [0.15, 0.2) is 6.04 Å². The third-order valence-electron chi connectivity index (χ3n) is 5.69. The number of carbonyl (C=O) groups excluding carboxylic acids is 2. The maximum Gasteiger partial charge on any atom is 0.408 e. The second-order valence-electron chi connectivity index (χ2n) is 9.01. The minimum absolute atomic E-state index is 0.385. The molecule has 3 rings (SSSR count). The van der Waals surface area contributed by atoms with Crippen LogP contribution in [-0.4, -0.2) is 48.3 Å². The van der Waals surface area contributed by atoms with Crippen molar-refractivity contribution in [3.8, 4) is 0 Å². The molecule has 3 unspecified atom stereocenters. The molecular formula is C22H32N2O4. The Labute approximate surface area is 167 Å². The maximum absolute atomic E-state index is 12.8. The van der Waals surface area contributed by atoms with Crippen LogP contribution in [0.3, 0.4) is 0 Å². The topological polar surface area (TPSA) is 67.9 Å². The molecule has 28 heavy (non-hydrogen) atoms. The number of benzene rings is 1. The first-order valence-corrected chi connectivity index (χ1v) is 10.2. The summed E-state index contributed by atoms with van der Waals surface area (Å²) in [7, 11) is 2.20. The highest BCUT2D eigenvalue weighted by Gasteiger charge is 2.39. The summed E-state index contributed by atoms with van der Waals surface area (Å²) in [6, 6.07) is 9.48. The summed E-state index contributed by atoms with van der Waals surface area (Å²) in [4.78, 5) is 27.5. The summed E-state index contributed by atoms with van der Waals surface area (Å²) >= 11 is 0. The number of alkyl carbamates (subject to hydrolysis) is 1. The van der Waals surface area contributed by atoms with Crippen molar-refractivity contribution in [2.45, 2.75) is 70.2 Å². The lowest BCUT2D eigenvalue weighted by Crippen LogP contribution is -2.42. The van der Waals surface area contributed by atoms with E-state index in [1.807, 2.05) is 18.2 Å². The van der Waals surface area contributed by atoms with E-state index in [4.69, 9.17) is 9.47 Å². The van der Waals surface area contributed by atoms with Gasteiger partial charge in [0.2, 0.25) is 0 Å². The van der Waals surface area contributed by atoms with Gasteiger partial charge in [-0.3, -0.25) is 0 Å². The largest absolute Gasteiger partial charge is 0.464 e. The summed E-state index contributed by atoms with van der Waals surface area (Å²) < 4.78 is 11.0. The van der Waals surface area contributed by atoms with Crippen molar-refractivity contribution in [1.29, 1.82) is 0 Å². The van der Waals surface area contributed by atoms with Crippen molar-refractivity contribution >= 4 is 12.1 Å². The molecule has 0 aromatic heterocycles. The van der Waals surface area contributed by atoms with Gasteiger partial charge in [0.25, 0.3) is 0 Å². The highest BCUT2D eigenvalue weighted by Crippen LogP contribution is 2.37. The van der Waals surface area contributed by atoms with Gasteiger partial charge in [-0.15, -0.1) is 0 Å². The lowest BCUT2D eigenvalue weighted by Gasteiger charge is -2.36. The van der Waals surface area contributed by atoms with Crippen LogP contribution in [0.2, 0.25) is 0 Å². The molecule has 1 N–H and O–H groups in total. The molecule has 0 aliphatic carbocycles. The number of fused-ring (bicyclic) bond motifs is 2. The van der Waals surface area contributed by atoms with Gasteiger partial charge in [-0.25, -0.2) is 9.59 Å². The van der Waals surface area contributed by atoms with Crippen LogP contribution < -0.4 is 5.32 Å². The molecule has 2 aliphatic rings. The smallest absolute Gasteiger partial charge is 0.408 e. The first kappa shape index (κ1) is 20.6. The molecular weight excluding hydrogens is 356 g/mol. The maximum atomic E-state index is 12.8. The molecule has 1 amide bonds. The number of esters is 1. The highest BCUT2D eigenvalue weighted by molar-refractivity contribution is 5.82. The molecule has 1 aromatic carbocycles. The van der Waals surface area contributed by atoms with Crippen LogP contribution in [0.25, 0.3) is 0 Å². The van der Waals surface area contributed by atoms with Crippen molar-refractivity contribution < 1.29 is 19.1 Å². The molecule has 0 saturated carbocycles. The predicted molar refractivity (Wildman–Crippen MR) is 107 cm³/mol. The second kappa shape index (κ2) is 8.52. The number of carbonyl (C=O) groups is 2. The Bertz CT molecular complexity index is 672. The van der Waals surface area contributed by atoms with Gasteiger partial charge in [-0.05, 0) is 65.0 Å². The fourth-order valence-corrected chi connectivity index (χ4v) is 4.29. The van der Waals surface area contributed by atoms with Gasteiger partial charge >= 0.3 is 12.1 Å². The van der Waals surface area contributed by atoms with Gasteiger partial charge in [0, 0.05) is 12.1 Å². The first-order valence-electron chi connectivity index (χ1n) is 10.2. The molecule has 6 heteroatoms. The molecule has 2 fully saturated rings. The Hall–Kier alpha value is -2.08. The zero-order valence-corrected chi connectivity index (χ0v) is 17.3. The minimum atomic E-state index is -0.876. The Balaban J connectivity index is 1.61. The van der Waals surface area contributed by atoms with E-state index in [1.165, 1.54) is 12.8 Å². The Morgan fingerprint density at radius 2 is 1.75 bits per heavy atom. The average molecular weight is 389 g/mol. The van der Waals surface area contributed by atoms with Gasteiger partial charge < -0.3 is 19.7 Å². The molecule has 2 heterocycles. The van der Waals surface area contributed by atoms with Crippen LogP contribution in [0.1, 0.15) is 58.1 Å². The third kappa shape index (κ3) is 5.25. The molecule has 154 valence electrons. The quantitative estimate of drug-likeness (QED) is 0.780. The Kier molecular flexibility index (Phi) is 6.28. The van der Waals surface area contributed by atoms with Gasteiger partial charge in [-0.2, -0.15) is 0 Å². The number of hydrogen-bond acceptors (Lipinski definition) is 5. The monoisotopic (exact) mass is 388 g/mol. The minimum Gasteiger partial charge on any atom is -0.464 e. The van der Waals surface area contributed by atoms with Crippen molar-refractivity contribution in [2.75, 3.05) is 13.7 Å². The molecule has 0 radical (unpaired) electrons. The molecule has 1 aromatic rings. The molecule has 2 aliphatic heterocycles. The second-order valence-corrected chi connectivity index (χ2v) is 9.01. The number of amides is 1.